The Morgan fingerprint density at radius 2 is 2.07 bits per heavy atom. The quantitative estimate of drug-likeness (QED) is 0.530. The minimum absolute atomic E-state index is 0.0374. The molecule has 0 aliphatic heterocycles. The minimum atomic E-state index is -0.0580. The molecule has 2 heterocycles. The Balaban J connectivity index is 1.66. The highest BCUT2D eigenvalue weighted by molar-refractivity contribution is 7.99. The molecule has 2 aliphatic rings. The zero-order chi connectivity index (χ0) is 20.4. The number of carbonyl (C=O) groups excluding carboxylic acids is 1. The molecule has 1 saturated carbocycles. The number of hydrogen-bond donors (Lipinski definition) is 1. The molecule has 4 rings (SSSR count). The molecule has 0 aromatic carbocycles. The second kappa shape index (κ2) is 9.18. The third-order valence-electron chi connectivity index (χ3n) is 5.83. The number of carbonyl (C=O) groups is 1. The maximum absolute atomic E-state index is 13.6. The standard InChI is InChI=1S/C21H29N3O3S2/c1-13(11-27-2)22-17(25)12-28-21-23-19-18(15-9-5-6-10-16(15)29-19)20(26)24(21)14-7-3-4-8-14/h13-14H,3-12H2,1-2H3,(H,22,25). The molecule has 2 aromatic rings. The zero-order valence-corrected chi connectivity index (χ0v) is 18.8. The van der Waals surface area contributed by atoms with Crippen LogP contribution in [0.3, 0.4) is 0 Å². The normalized spacial score (nSPS) is 18.1. The van der Waals surface area contributed by atoms with Crippen LogP contribution in [0.25, 0.3) is 10.2 Å². The van der Waals surface area contributed by atoms with Crippen molar-refractivity contribution in [2.24, 2.45) is 0 Å². The molecule has 6 nitrogen and oxygen atoms in total. The van der Waals surface area contributed by atoms with Crippen molar-refractivity contribution in [2.75, 3.05) is 19.5 Å². The summed E-state index contributed by atoms with van der Waals surface area (Å²) in [7, 11) is 1.62. The lowest BCUT2D eigenvalue weighted by Gasteiger charge is -2.19. The first kappa shape index (κ1) is 20.9. The van der Waals surface area contributed by atoms with Gasteiger partial charge in [-0.25, -0.2) is 4.98 Å². The highest BCUT2D eigenvalue weighted by Gasteiger charge is 2.27. The Bertz CT molecular complexity index is 947. The zero-order valence-electron chi connectivity index (χ0n) is 17.2. The monoisotopic (exact) mass is 435 g/mol. The van der Waals surface area contributed by atoms with Gasteiger partial charge in [0.05, 0.1) is 17.7 Å². The Kier molecular flexibility index (Phi) is 6.61. The first-order valence-corrected chi connectivity index (χ1v) is 12.4. The SMILES string of the molecule is COCC(C)NC(=O)CSc1nc2sc3c(c2c(=O)n1C1CCCC1)CCCC3. The van der Waals surface area contributed by atoms with Crippen LogP contribution in [-0.2, 0) is 22.4 Å². The van der Waals surface area contributed by atoms with E-state index in [2.05, 4.69) is 5.32 Å². The average molecular weight is 436 g/mol. The van der Waals surface area contributed by atoms with Crippen LogP contribution in [0.2, 0.25) is 0 Å². The number of hydrogen-bond acceptors (Lipinski definition) is 6. The number of thioether (sulfide) groups is 1. The number of nitrogens with one attached hydrogen (secondary N) is 1. The van der Waals surface area contributed by atoms with E-state index in [9.17, 15) is 9.59 Å². The molecule has 29 heavy (non-hydrogen) atoms. The van der Waals surface area contributed by atoms with E-state index >= 15 is 0 Å². The van der Waals surface area contributed by atoms with Crippen molar-refractivity contribution in [1.29, 1.82) is 0 Å². The van der Waals surface area contributed by atoms with Gasteiger partial charge in [-0.05, 0) is 51.0 Å². The Hall–Kier alpha value is -1.38. The maximum atomic E-state index is 13.6. The molecule has 8 heteroatoms. The summed E-state index contributed by atoms with van der Waals surface area (Å²) in [6, 6.07) is 0.168. The first-order valence-electron chi connectivity index (χ1n) is 10.6. The molecule has 1 atom stereocenters. The van der Waals surface area contributed by atoms with E-state index in [0.717, 1.165) is 55.2 Å². The van der Waals surface area contributed by atoms with Crippen LogP contribution in [0, 0.1) is 0 Å². The van der Waals surface area contributed by atoms with Gasteiger partial charge in [-0.15, -0.1) is 11.3 Å². The van der Waals surface area contributed by atoms with Crippen LogP contribution in [0.15, 0.2) is 9.95 Å². The molecule has 1 amide bonds. The smallest absolute Gasteiger partial charge is 0.263 e. The van der Waals surface area contributed by atoms with E-state index in [0.29, 0.717) is 11.8 Å². The van der Waals surface area contributed by atoms with Crippen molar-refractivity contribution in [3.8, 4) is 0 Å². The van der Waals surface area contributed by atoms with Crippen molar-refractivity contribution in [2.45, 2.75) is 75.5 Å². The summed E-state index contributed by atoms with van der Waals surface area (Å²) in [6.45, 7) is 2.40. The number of aromatic nitrogens is 2. The fourth-order valence-corrected chi connectivity index (χ4v) is 6.70. The maximum Gasteiger partial charge on any atom is 0.263 e. The number of fused-ring (bicyclic) bond motifs is 3. The number of rotatable bonds is 7. The summed E-state index contributed by atoms with van der Waals surface area (Å²) in [5, 5.41) is 4.48. The molecule has 1 N–H and O–H groups in total. The average Bonchev–Trinajstić information content (AvgIpc) is 3.34. The summed E-state index contributed by atoms with van der Waals surface area (Å²) in [5.41, 5.74) is 1.35. The topological polar surface area (TPSA) is 73.2 Å². The Morgan fingerprint density at radius 3 is 2.83 bits per heavy atom. The van der Waals surface area contributed by atoms with Crippen LogP contribution in [0.1, 0.15) is 61.9 Å². The van der Waals surface area contributed by atoms with E-state index < -0.39 is 0 Å². The molecule has 0 spiro atoms. The summed E-state index contributed by atoms with van der Waals surface area (Å²) >= 11 is 3.06. The predicted octanol–water partition coefficient (Wildman–Crippen LogP) is 3.70. The summed E-state index contributed by atoms with van der Waals surface area (Å²) in [4.78, 5) is 33.0. The highest BCUT2D eigenvalue weighted by Crippen LogP contribution is 2.37. The van der Waals surface area contributed by atoms with Gasteiger partial charge < -0.3 is 10.1 Å². The van der Waals surface area contributed by atoms with Gasteiger partial charge in [0, 0.05) is 24.1 Å². The lowest BCUT2D eigenvalue weighted by Crippen LogP contribution is -2.37. The number of methoxy groups -OCH3 is 1. The lowest BCUT2D eigenvalue weighted by molar-refractivity contribution is -0.119. The van der Waals surface area contributed by atoms with Crippen molar-refractivity contribution in [3.63, 3.8) is 0 Å². The van der Waals surface area contributed by atoms with Gasteiger partial charge in [0.1, 0.15) is 4.83 Å². The van der Waals surface area contributed by atoms with Crippen LogP contribution in [0.5, 0.6) is 0 Å². The summed E-state index contributed by atoms with van der Waals surface area (Å²) in [6.07, 6.45) is 8.72. The predicted molar refractivity (Wildman–Crippen MR) is 118 cm³/mol. The van der Waals surface area contributed by atoms with Gasteiger partial charge in [-0.3, -0.25) is 14.2 Å². The number of thiophene rings is 1. The van der Waals surface area contributed by atoms with Gasteiger partial charge in [-0.2, -0.15) is 0 Å². The molecule has 0 radical (unpaired) electrons. The van der Waals surface area contributed by atoms with E-state index in [1.165, 1.54) is 28.6 Å². The van der Waals surface area contributed by atoms with E-state index in [4.69, 9.17) is 9.72 Å². The third-order valence-corrected chi connectivity index (χ3v) is 7.97. The van der Waals surface area contributed by atoms with E-state index in [-0.39, 0.29) is 29.3 Å². The van der Waals surface area contributed by atoms with Crippen molar-refractivity contribution in [1.82, 2.24) is 14.9 Å². The first-order chi connectivity index (χ1) is 14.1. The number of nitrogens with zero attached hydrogens (tertiary/aromatic N) is 2. The van der Waals surface area contributed by atoms with Crippen LogP contribution in [0.4, 0.5) is 0 Å². The van der Waals surface area contributed by atoms with Crippen LogP contribution in [-0.4, -0.2) is 41.0 Å². The van der Waals surface area contributed by atoms with Crippen LogP contribution >= 0.6 is 23.1 Å². The van der Waals surface area contributed by atoms with Gasteiger partial charge >= 0.3 is 0 Å². The summed E-state index contributed by atoms with van der Waals surface area (Å²) < 4.78 is 6.99. The molecule has 1 unspecified atom stereocenters. The fourth-order valence-electron chi connectivity index (χ4n) is 4.52. The molecular formula is C21H29N3O3S2. The summed E-state index contributed by atoms with van der Waals surface area (Å²) in [5.74, 6) is 0.196. The second-order valence-corrected chi connectivity index (χ2v) is 10.1. The molecule has 0 saturated heterocycles. The van der Waals surface area contributed by atoms with Crippen molar-refractivity contribution < 1.29 is 9.53 Å². The fraction of sp³-hybridized carbons (Fsp3) is 0.667. The van der Waals surface area contributed by atoms with E-state index in [1.54, 1.807) is 18.4 Å². The second-order valence-electron chi connectivity index (χ2n) is 8.11. The number of aryl methyl sites for hydroxylation is 2. The third kappa shape index (κ3) is 4.39. The van der Waals surface area contributed by atoms with Crippen molar-refractivity contribution in [3.05, 3.63) is 20.8 Å². The highest BCUT2D eigenvalue weighted by atomic mass is 32.2. The molecule has 2 aliphatic carbocycles. The largest absolute Gasteiger partial charge is 0.383 e. The molecule has 158 valence electrons. The molecular weight excluding hydrogens is 406 g/mol. The Morgan fingerprint density at radius 1 is 1.31 bits per heavy atom. The Labute approximate surface area is 179 Å². The number of amides is 1. The van der Waals surface area contributed by atoms with Gasteiger partial charge in [0.25, 0.3) is 5.56 Å². The molecule has 1 fully saturated rings. The van der Waals surface area contributed by atoms with Gasteiger partial charge in [0.2, 0.25) is 5.91 Å². The van der Waals surface area contributed by atoms with Crippen LogP contribution < -0.4 is 10.9 Å². The van der Waals surface area contributed by atoms with Gasteiger partial charge in [-0.1, -0.05) is 24.6 Å². The molecule has 2 aromatic heterocycles. The van der Waals surface area contributed by atoms with E-state index in [1.807, 2.05) is 11.5 Å². The number of ether oxygens (including phenoxy) is 1. The van der Waals surface area contributed by atoms with Crippen molar-refractivity contribution >= 4 is 39.2 Å². The molecule has 0 bridgehead atoms. The lowest BCUT2D eigenvalue weighted by atomic mass is 9.97. The van der Waals surface area contributed by atoms with Gasteiger partial charge in [0.15, 0.2) is 5.16 Å². The minimum Gasteiger partial charge on any atom is -0.383 e.